The number of hydrogen-bond donors (Lipinski definition) is 0. The van der Waals surface area contributed by atoms with Crippen LogP contribution in [-0.4, -0.2) is 66.2 Å². The van der Waals surface area contributed by atoms with Crippen LogP contribution in [0.3, 0.4) is 0 Å². The van der Waals surface area contributed by atoms with E-state index in [1.54, 1.807) is 6.92 Å². The molecule has 2 aliphatic rings. The van der Waals surface area contributed by atoms with E-state index in [9.17, 15) is 27.6 Å². The van der Waals surface area contributed by atoms with Crippen molar-refractivity contribution in [2.45, 2.75) is 76.3 Å². The topological polar surface area (TPSA) is 133 Å². The van der Waals surface area contributed by atoms with Gasteiger partial charge >= 0.3 is 17.9 Å². The number of β-lactam (4-membered cyclic amide) rings is 1. The van der Waals surface area contributed by atoms with E-state index in [4.69, 9.17) is 14.2 Å². The first-order valence-electron chi connectivity index (χ1n) is 9.45. The molecule has 0 radical (unpaired) electrons. The smallest absolute Gasteiger partial charge is 0.333 e. The van der Waals surface area contributed by atoms with Crippen LogP contribution in [0.5, 0.6) is 0 Å². The molecule has 2 saturated heterocycles. The van der Waals surface area contributed by atoms with Gasteiger partial charge in [0.1, 0.15) is 16.7 Å². The number of carbonyl (C=O) groups excluding carboxylic acids is 4. The van der Waals surface area contributed by atoms with Crippen LogP contribution in [0.1, 0.15) is 53.9 Å². The van der Waals surface area contributed by atoms with Gasteiger partial charge < -0.3 is 19.1 Å². The van der Waals surface area contributed by atoms with Crippen LogP contribution < -0.4 is 0 Å². The molecule has 1 amide bonds. The number of carbonyl (C=O) groups is 4. The van der Waals surface area contributed by atoms with Crippen LogP contribution in [0.15, 0.2) is 0 Å². The van der Waals surface area contributed by atoms with Crippen LogP contribution in [0.4, 0.5) is 0 Å². The van der Waals surface area contributed by atoms with Gasteiger partial charge in [-0.1, -0.05) is 20.3 Å². The summed E-state index contributed by atoms with van der Waals surface area (Å²) in [4.78, 5) is 49.0. The van der Waals surface area contributed by atoms with Crippen molar-refractivity contribution in [3.63, 3.8) is 0 Å². The number of rotatable bonds is 8. The minimum absolute atomic E-state index is 0.249. The Balaban J connectivity index is 2.20. The van der Waals surface area contributed by atoms with Crippen molar-refractivity contribution >= 4 is 33.7 Å². The molecule has 29 heavy (non-hydrogen) atoms. The van der Waals surface area contributed by atoms with E-state index in [0.29, 0.717) is 6.42 Å². The Labute approximate surface area is 169 Å². The second kappa shape index (κ2) is 8.29. The number of esters is 3. The maximum absolute atomic E-state index is 12.9. The molecule has 0 aromatic heterocycles. The lowest BCUT2D eigenvalue weighted by atomic mass is 9.97. The Morgan fingerprint density at radius 1 is 1.24 bits per heavy atom. The summed E-state index contributed by atoms with van der Waals surface area (Å²) < 4.78 is 39.1. The van der Waals surface area contributed by atoms with Crippen LogP contribution in [0.2, 0.25) is 0 Å². The van der Waals surface area contributed by atoms with Gasteiger partial charge in [-0.25, -0.2) is 13.2 Å². The minimum atomic E-state index is -4.01. The van der Waals surface area contributed by atoms with Gasteiger partial charge in [0.05, 0.1) is 12.3 Å². The lowest BCUT2D eigenvalue weighted by molar-refractivity contribution is -0.194. The van der Waals surface area contributed by atoms with Crippen molar-refractivity contribution < 1.29 is 41.8 Å². The molecule has 0 saturated carbocycles. The first-order valence-corrected chi connectivity index (χ1v) is 11.0. The van der Waals surface area contributed by atoms with E-state index in [-0.39, 0.29) is 12.3 Å². The van der Waals surface area contributed by atoms with E-state index in [0.717, 1.165) is 18.2 Å². The Morgan fingerprint density at radius 2 is 1.86 bits per heavy atom. The molecule has 5 atom stereocenters. The summed E-state index contributed by atoms with van der Waals surface area (Å²) in [6, 6.07) is -1.51. The van der Waals surface area contributed by atoms with Crippen LogP contribution in [0, 0.1) is 5.92 Å². The van der Waals surface area contributed by atoms with Crippen molar-refractivity contribution in [1.29, 1.82) is 0 Å². The highest BCUT2D eigenvalue weighted by atomic mass is 32.2. The van der Waals surface area contributed by atoms with Gasteiger partial charge in [0.2, 0.25) is 12.2 Å². The first-order chi connectivity index (χ1) is 13.4. The van der Waals surface area contributed by atoms with Gasteiger partial charge in [-0.15, -0.1) is 0 Å². The highest BCUT2D eigenvalue weighted by Gasteiger charge is 2.70. The van der Waals surface area contributed by atoms with E-state index in [1.807, 2.05) is 6.92 Å². The van der Waals surface area contributed by atoms with Gasteiger partial charge in [-0.05, 0) is 13.3 Å². The second-order valence-corrected chi connectivity index (χ2v) is 10.2. The number of fused-ring (bicyclic) bond motifs is 1. The maximum Gasteiger partial charge on any atom is 0.333 e. The summed E-state index contributed by atoms with van der Waals surface area (Å²) in [5.74, 6) is -3.22. The fraction of sp³-hybridized carbons (Fsp3) is 0.778. The maximum atomic E-state index is 12.9. The average Bonchev–Trinajstić information content (AvgIpc) is 2.74. The third-order valence-corrected chi connectivity index (χ3v) is 8.04. The zero-order chi connectivity index (χ0) is 22.1. The molecule has 11 heteroatoms. The van der Waals surface area contributed by atoms with E-state index >= 15 is 0 Å². The highest BCUT2D eigenvalue weighted by Crippen LogP contribution is 2.46. The fourth-order valence-corrected chi connectivity index (χ4v) is 5.85. The largest absolute Gasteiger partial charge is 0.464 e. The molecule has 2 fully saturated rings. The third kappa shape index (κ3) is 4.10. The van der Waals surface area contributed by atoms with Crippen molar-refractivity contribution in [3.05, 3.63) is 0 Å². The van der Waals surface area contributed by atoms with Crippen LogP contribution in [-0.2, 0) is 43.2 Å². The molecule has 2 rings (SSSR count). The second-order valence-electron chi connectivity index (χ2n) is 7.63. The Hall–Kier alpha value is -2.17. The van der Waals surface area contributed by atoms with Crippen molar-refractivity contribution in [2.75, 3.05) is 6.61 Å². The molecule has 2 unspecified atom stereocenters. The molecule has 164 valence electrons. The monoisotopic (exact) mass is 433 g/mol. The van der Waals surface area contributed by atoms with Gasteiger partial charge in [-0.3, -0.25) is 14.4 Å². The Kier molecular flexibility index (Phi) is 6.61. The lowest BCUT2D eigenvalue weighted by Gasteiger charge is -2.36. The molecule has 10 nitrogen and oxygen atoms in total. The molecule has 0 aromatic rings. The van der Waals surface area contributed by atoms with E-state index in [2.05, 4.69) is 0 Å². The van der Waals surface area contributed by atoms with Crippen molar-refractivity contribution in [3.8, 4) is 0 Å². The summed E-state index contributed by atoms with van der Waals surface area (Å²) in [6.45, 7) is 6.67. The SMILES string of the molecule is CCCC(C)C(=O)OC(C)OC(=O)[C@@H]1N2C(=O)C[C@H]2S(=O)(=O)[C@@]1(C)COC(C)=O. The summed E-state index contributed by atoms with van der Waals surface area (Å²) in [7, 11) is -4.01. The predicted molar refractivity (Wildman–Crippen MR) is 98.7 cm³/mol. The fourth-order valence-electron chi connectivity index (χ4n) is 3.58. The Bertz CT molecular complexity index is 808. The summed E-state index contributed by atoms with van der Waals surface area (Å²) in [5.41, 5.74) is 0. The zero-order valence-electron chi connectivity index (χ0n) is 17.2. The number of hydrogen-bond acceptors (Lipinski definition) is 9. The van der Waals surface area contributed by atoms with Crippen LogP contribution in [0.25, 0.3) is 0 Å². The predicted octanol–water partition coefficient (Wildman–Crippen LogP) is 0.532. The van der Waals surface area contributed by atoms with Gasteiger partial charge in [0, 0.05) is 13.8 Å². The first kappa shape index (κ1) is 23.1. The van der Waals surface area contributed by atoms with Gasteiger partial charge in [0.25, 0.3) is 0 Å². The normalized spacial score (nSPS) is 29.3. The molecule has 0 bridgehead atoms. The van der Waals surface area contributed by atoms with E-state index < -0.39 is 62.7 Å². The average molecular weight is 433 g/mol. The summed E-state index contributed by atoms with van der Waals surface area (Å²) in [6.07, 6.45) is -0.145. The molecule has 0 N–H and O–H groups in total. The molecule has 0 aromatic carbocycles. The molecule has 0 aliphatic carbocycles. The summed E-state index contributed by atoms with van der Waals surface area (Å²) >= 11 is 0. The third-order valence-electron chi connectivity index (χ3n) is 5.29. The molecular weight excluding hydrogens is 406 g/mol. The highest BCUT2D eigenvalue weighted by molar-refractivity contribution is 7.94. The van der Waals surface area contributed by atoms with E-state index in [1.165, 1.54) is 13.8 Å². The molecule has 2 heterocycles. The quantitative estimate of drug-likeness (QED) is 0.305. The lowest BCUT2D eigenvalue weighted by Crippen LogP contribution is -2.59. The number of amides is 1. The number of nitrogens with zero attached hydrogens (tertiary/aromatic N) is 1. The Morgan fingerprint density at radius 3 is 2.38 bits per heavy atom. The molecule has 0 spiro atoms. The zero-order valence-corrected chi connectivity index (χ0v) is 18.0. The van der Waals surface area contributed by atoms with Gasteiger partial charge in [0.15, 0.2) is 15.9 Å². The summed E-state index contributed by atoms with van der Waals surface area (Å²) in [5, 5.41) is -1.17. The molecular formula is C18H27NO9S. The van der Waals surface area contributed by atoms with Crippen molar-refractivity contribution in [2.24, 2.45) is 5.92 Å². The molecule has 2 aliphatic heterocycles. The number of ether oxygens (including phenoxy) is 3. The number of sulfone groups is 1. The van der Waals surface area contributed by atoms with Gasteiger partial charge in [-0.2, -0.15) is 0 Å². The standard InChI is InChI=1S/C18H27NO9S/c1-6-7-10(2)16(22)27-12(4)28-17(23)15-18(5,9-26-11(3)20)29(24,25)14-8-13(21)19(14)15/h10,12,14-15H,6-9H2,1-5H3/t10?,12?,14-,15+,18+/m1/s1. The minimum Gasteiger partial charge on any atom is -0.464 e. The van der Waals surface area contributed by atoms with Crippen molar-refractivity contribution in [1.82, 2.24) is 4.90 Å². The van der Waals surface area contributed by atoms with Crippen LogP contribution >= 0.6 is 0 Å².